The van der Waals surface area contributed by atoms with Crippen molar-refractivity contribution in [3.05, 3.63) is 39.9 Å². The molecule has 0 unspecified atom stereocenters. The van der Waals surface area contributed by atoms with E-state index in [9.17, 15) is 19.1 Å². The number of hydrogen-bond donors (Lipinski definition) is 1. The van der Waals surface area contributed by atoms with Gasteiger partial charge in [0.05, 0.1) is 11.2 Å². The van der Waals surface area contributed by atoms with Crippen LogP contribution in [0.5, 0.6) is 0 Å². The molecule has 1 N–H and O–H groups in total. The molecule has 2 rings (SSSR count). The third kappa shape index (κ3) is 3.82. The second-order valence-corrected chi connectivity index (χ2v) is 6.17. The summed E-state index contributed by atoms with van der Waals surface area (Å²) in [6, 6.07) is 2.80. The summed E-state index contributed by atoms with van der Waals surface area (Å²) in [4.78, 5) is 27.6. The molecule has 136 valence electrons. The van der Waals surface area contributed by atoms with Gasteiger partial charge < -0.3 is 19.5 Å². The first-order chi connectivity index (χ1) is 11.8. The zero-order chi connectivity index (χ0) is 18.7. The average Bonchev–Trinajstić information content (AvgIpc) is 2.56. The van der Waals surface area contributed by atoms with Crippen molar-refractivity contribution in [2.75, 3.05) is 38.6 Å². The van der Waals surface area contributed by atoms with Gasteiger partial charge in [0.1, 0.15) is 11.4 Å². The Bertz CT molecular complexity index is 846. The highest BCUT2D eigenvalue weighted by molar-refractivity contribution is 5.93. The molecule has 0 atom stereocenters. The molecule has 0 radical (unpaired) electrons. The van der Waals surface area contributed by atoms with E-state index in [2.05, 4.69) is 0 Å². The maximum atomic E-state index is 14.7. The number of carboxylic acid groups (broad SMARTS) is 1. The number of fused-ring (bicyclic) bond motifs is 1. The van der Waals surface area contributed by atoms with Gasteiger partial charge in [-0.05, 0) is 40.1 Å². The van der Waals surface area contributed by atoms with Crippen LogP contribution in [0.3, 0.4) is 0 Å². The largest absolute Gasteiger partial charge is 0.477 e. The molecule has 25 heavy (non-hydrogen) atoms. The van der Waals surface area contributed by atoms with Crippen LogP contribution in [-0.4, -0.2) is 54.3 Å². The van der Waals surface area contributed by atoms with Crippen molar-refractivity contribution in [3.8, 4) is 0 Å². The molecule has 0 aliphatic rings. The van der Waals surface area contributed by atoms with E-state index < -0.39 is 17.2 Å². The standard InChI is InChI=1S/C18H24FN3O3/c1-5-21(8-7-20(3)4)16-10-15-12(9-14(16)19)17(23)13(18(24)25)11-22(15)6-2/h9-11H,5-8H2,1-4H3,(H,24,25). The number of pyridine rings is 1. The van der Waals surface area contributed by atoms with Crippen LogP contribution in [0.15, 0.2) is 23.1 Å². The lowest BCUT2D eigenvalue weighted by Crippen LogP contribution is -2.32. The fraction of sp³-hybridized carbons (Fsp3) is 0.444. The van der Waals surface area contributed by atoms with Crippen molar-refractivity contribution < 1.29 is 14.3 Å². The van der Waals surface area contributed by atoms with Crippen LogP contribution < -0.4 is 10.3 Å². The highest BCUT2D eigenvalue weighted by atomic mass is 19.1. The molecule has 0 saturated carbocycles. The van der Waals surface area contributed by atoms with Crippen LogP contribution in [0, 0.1) is 5.82 Å². The first-order valence-corrected chi connectivity index (χ1v) is 8.29. The van der Waals surface area contributed by atoms with E-state index in [1.54, 1.807) is 10.6 Å². The molecule has 0 spiro atoms. The van der Waals surface area contributed by atoms with Crippen molar-refractivity contribution in [2.45, 2.75) is 20.4 Å². The van der Waals surface area contributed by atoms with Gasteiger partial charge in [-0.15, -0.1) is 0 Å². The fourth-order valence-corrected chi connectivity index (χ4v) is 2.83. The third-order valence-corrected chi connectivity index (χ3v) is 4.26. The molecule has 1 aromatic carbocycles. The van der Waals surface area contributed by atoms with Gasteiger partial charge in [-0.2, -0.15) is 0 Å². The minimum absolute atomic E-state index is 0.0895. The molecule has 0 saturated heterocycles. The number of rotatable bonds is 7. The van der Waals surface area contributed by atoms with E-state index in [1.807, 2.05) is 37.7 Å². The van der Waals surface area contributed by atoms with E-state index in [0.29, 0.717) is 30.8 Å². The molecule has 0 fully saturated rings. The number of nitrogens with zero attached hydrogens (tertiary/aromatic N) is 3. The SMILES string of the molecule is CCN(CCN(C)C)c1cc2c(cc1F)c(=O)c(C(=O)O)cn2CC. The Labute approximate surface area is 146 Å². The van der Waals surface area contributed by atoms with E-state index >= 15 is 0 Å². The summed E-state index contributed by atoms with van der Waals surface area (Å²) in [7, 11) is 3.90. The van der Waals surface area contributed by atoms with E-state index in [1.165, 1.54) is 6.20 Å². The zero-order valence-corrected chi connectivity index (χ0v) is 15.0. The Hall–Kier alpha value is -2.41. The number of aromatic nitrogens is 1. The van der Waals surface area contributed by atoms with Crippen molar-refractivity contribution in [2.24, 2.45) is 0 Å². The van der Waals surface area contributed by atoms with Gasteiger partial charge in [0.25, 0.3) is 0 Å². The van der Waals surface area contributed by atoms with Gasteiger partial charge in [0, 0.05) is 37.8 Å². The number of halogens is 1. The van der Waals surface area contributed by atoms with Crippen LogP contribution >= 0.6 is 0 Å². The highest BCUT2D eigenvalue weighted by Gasteiger charge is 2.18. The molecule has 0 bridgehead atoms. The predicted octanol–water partition coefficient (Wildman–Crippen LogP) is 2.25. The Morgan fingerprint density at radius 1 is 1.24 bits per heavy atom. The summed E-state index contributed by atoms with van der Waals surface area (Å²) in [6.45, 7) is 6.31. The minimum atomic E-state index is -1.31. The molecule has 7 heteroatoms. The number of anilines is 1. The maximum absolute atomic E-state index is 14.7. The van der Waals surface area contributed by atoms with Crippen LogP contribution in [-0.2, 0) is 6.54 Å². The predicted molar refractivity (Wildman–Crippen MR) is 97.2 cm³/mol. The minimum Gasteiger partial charge on any atom is -0.477 e. The van der Waals surface area contributed by atoms with Crippen LogP contribution in [0.2, 0.25) is 0 Å². The van der Waals surface area contributed by atoms with Crippen molar-refractivity contribution in [1.82, 2.24) is 9.47 Å². The van der Waals surface area contributed by atoms with Gasteiger partial charge in [-0.1, -0.05) is 0 Å². The molecule has 1 heterocycles. The second-order valence-electron chi connectivity index (χ2n) is 6.17. The fourth-order valence-electron chi connectivity index (χ4n) is 2.83. The zero-order valence-electron chi connectivity index (χ0n) is 15.0. The molecule has 0 amide bonds. The van der Waals surface area contributed by atoms with Gasteiger partial charge in [0.15, 0.2) is 0 Å². The molecular formula is C18H24FN3O3. The van der Waals surface area contributed by atoms with Crippen molar-refractivity contribution >= 4 is 22.6 Å². The molecule has 2 aromatic rings. The molecule has 0 aliphatic carbocycles. The van der Waals surface area contributed by atoms with Crippen LogP contribution in [0.25, 0.3) is 10.9 Å². The number of carbonyl (C=O) groups is 1. The quantitative estimate of drug-likeness (QED) is 0.830. The monoisotopic (exact) mass is 349 g/mol. The summed E-state index contributed by atoms with van der Waals surface area (Å²) in [5, 5.41) is 9.29. The lowest BCUT2D eigenvalue weighted by Gasteiger charge is -2.26. The topological polar surface area (TPSA) is 65.8 Å². The third-order valence-electron chi connectivity index (χ3n) is 4.26. The van der Waals surface area contributed by atoms with Crippen molar-refractivity contribution in [3.63, 3.8) is 0 Å². The number of carboxylic acids is 1. The number of benzene rings is 1. The van der Waals surface area contributed by atoms with Crippen LogP contribution in [0.1, 0.15) is 24.2 Å². The number of aryl methyl sites for hydroxylation is 1. The number of likely N-dealkylation sites (N-methyl/N-ethyl adjacent to an activating group) is 2. The summed E-state index contributed by atoms with van der Waals surface area (Å²) < 4.78 is 16.3. The van der Waals surface area contributed by atoms with Gasteiger partial charge >= 0.3 is 5.97 Å². The Balaban J connectivity index is 2.66. The van der Waals surface area contributed by atoms with E-state index in [-0.39, 0.29) is 10.9 Å². The lowest BCUT2D eigenvalue weighted by atomic mass is 10.1. The molecule has 0 aliphatic heterocycles. The lowest BCUT2D eigenvalue weighted by molar-refractivity contribution is 0.0695. The van der Waals surface area contributed by atoms with Crippen molar-refractivity contribution in [1.29, 1.82) is 0 Å². The summed E-state index contributed by atoms with van der Waals surface area (Å²) >= 11 is 0. The normalized spacial score (nSPS) is 11.3. The molecular weight excluding hydrogens is 325 g/mol. The molecule has 6 nitrogen and oxygen atoms in total. The van der Waals surface area contributed by atoms with Gasteiger partial charge in [-0.25, -0.2) is 9.18 Å². The Morgan fingerprint density at radius 2 is 1.92 bits per heavy atom. The van der Waals surface area contributed by atoms with Crippen LogP contribution in [0.4, 0.5) is 10.1 Å². The summed E-state index contributed by atoms with van der Waals surface area (Å²) in [5.41, 5.74) is -0.0471. The smallest absolute Gasteiger partial charge is 0.341 e. The average molecular weight is 349 g/mol. The van der Waals surface area contributed by atoms with Gasteiger partial charge in [0.2, 0.25) is 5.43 Å². The highest BCUT2D eigenvalue weighted by Crippen LogP contribution is 2.25. The Morgan fingerprint density at radius 3 is 2.44 bits per heavy atom. The summed E-state index contributed by atoms with van der Waals surface area (Å²) in [6.07, 6.45) is 1.32. The number of hydrogen-bond acceptors (Lipinski definition) is 4. The first-order valence-electron chi connectivity index (χ1n) is 8.29. The Kier molecular flexibility index (Phi) is 5.79. The van der Waals surface area contributed by atoms with E-state index in [0.717, 1.165) is 12.6 Å². The van der Waals surface area contributed by atoms with Gasteiger partial charge in [-0.3, -0.25) is 4.79 Å². The maximum Gasteiger partial charge on any atom is 0.341 e. The summed E-state index contributed by atoms with van der Waals surface area (Å²) in [5.74, 6) is -1.82. The van der Waals surface area contributed by atoms with E-state index in [4.69, 9.17) is 0 Å². The first kappa shape index (κ1) is 18.9. The number of aromatic carboxylic acids is 1. The molecule has 1 aromatic heterocycles. The second kappa shape index (κ2) is 7.65.